The van der Waals surface area contributed by atoms with E-state index < -0.39 is 10.1 Å². The molecule has 1 aromatic rings. The standard InChI is InChI=1S/C13H20O3S/c1-10(2)9-12(4)16-17(14,15)13-7-5-11(3)6-8-13/h5-8,10,12H,9H2,1-4H3. The van der Waals surface area contributed by atoms with Crippen LogP contribution in [0.25, 0.3) is 0 Å². The summed E-state index contributed by atoms with van der Waals surface area (Å²) in [5.74, 6) is 0.415. The van der Waals surface area contributed by atoms with Gasteiger partial charge in [-0.2, -0.15) is 8.42 Å². The lowest BCUT2D eigenvalue weighted by atomic mass is 10.1. The Morgan fingerprint density at radius 1 is 1.12 bits per heavy atom. The van der Waals surface area contributed by atoms with Gasteiger partial charge in [0.1, 0.15) is 0 Å². The number of aryl methyl sites for hydroxylation is 1. The van der Waals surface area contributed by atoms with Crippen LogP contribution in [0.5, 0.6) is 0 Å². The highest BCUT2D eigenvalue weighted by Crippen LogP contribution is 2.17. The Hall–Kier alpha value is -0.870. The summed E-state index contributed by atoms with van der Waals surface area (Å²) in [7, 11) is -3.62. The second kappa shape index (κ2) is 5.65. The summed E-state index contributed by atoms with van der Waals surface area (Å²) in [4.78, 5) is 0.221. The van der Waals surface area contributed by atoms with Crippen LogP contribution in [0.15, 0.2) is 29.2 Å². The highest BCUT2D eigenvalue weighted by Gasteiger charge is 2.19. The minimum absolute atomic E-state index is 0.221. The van der Waals surface area contributed by atoms with E-state index in [0.29, 0.717) is 5.92 Å². The first-order valence-corrected chi connectivity index (χ1v) is 7.22. The second-order valence-corrected chi connectivity index (χ2v) is 6.38. The summed E-state index contributed by atoms with van der Waals surface area (Å²) in [6, 6.07) is 6.69. The highest BCUT2D eigenvalue weighted by atomic mass is 32.2. The maximum Gasteiger partial charge on any atom is 0.297 e. The third kappa shape index (κ3) is 4.48. The molecule has 1 unspecified atom stereocenters. The normalized spacial score (nSPS) is 13.9. The van der Waals surface area contributed by atoms with Crippen LogP contribution in [0.4, 0.5) is 0 Å². The Morgan fingerprint density at radius 3 is 2.12 bits per heavy atom. The number of rotatable bonds is 5. The van der Waals surface area contributed by atoms with Crippen molar-refractivity contribution >= 4 is 10.1 Å². The van der Waals surface area contributed by atoms with Crippen LogP contribution in [0.2, 0.25) is 0 Å². The van der Waals surface area contributed by atoms with Gasteiger partial charge in [-0.05, 0) is 38.3 Å². The fourth-order valence-corrected chi connectivity index (χ4v) is 2.77. The minimum atomic E-state index is -3.62. The fraction of sp³-hybridized carbons (Fsp3) is 0.538. The zero-order valence-electron chi connectivity index (χ0n) is 10.8. The van der Waals surface area contributed by atoms with Gasteiger partial charge in [0.2, 0.25) is 0 Å². The first kappa shape index (κ1) is 14.2. The molecule has 1 rings (SSSR count). The predicted molar refractivity (Wildman–Crippen MR) is 68.4 cm³/mol. The van der Waals surface area contributed by atoms with Crippen LogP contribution in [0.3, 0.4) is 0 Å². The summed E-state index contributed by atoms with van der Waals surface area (Å²) in [6.45, 7) is 7.78. The summed E-state index contributed by atoms with van der Waals surface area (Å²) in [5.41, 5.74) is 1.03. The van der Waals surface area contributed by atoms with Crippen molar-refractivity contribution in [1.82, 2.24) is 0 Å². The summed E-state index contributed by atoms with van der Waals surface area (Å²) in [6.07, 6.45) is 0.437. The van der Waals surface area contributed by atoms with Gasteiger partial charge in [0.05, 0.1) is 11.0 Å². The zero-order valence-corrected chi connectivity index (χ0v) is 11.6. The van der Waals surface area contributed by atoms with Crippen molar-refractivity contribution in [2.75, 3.05) is 0 Å². The molecule has 0 aliphatic carbocycles. The third-order valence-corrected chi connectivity index (χ3v) is 3.84. The van der Waals surface area contributed by atoms with Crippen molar-refractivity contribution < 1.29 is 12.6 Å². The molecule has 0 aromatic heterocycles. The average Bonchev–Trinajstić information content (AvgIpc) is 2.15. The van der Waals surface area contributed by atoms with Crippen molar-refractivity contribution in [2.24, 2.45) is 5.92 Å². The van der Waals surface area contributed by atoms with Gasteiger partial charge in [0.15, 0.2) is 0 Å². The van der Waals surface area contributed by atoms with E-state index >= 15 is 0 Å². The molecular formula is C13H20O3S. The highest BCUT2D eigenvalue weighted by molar-refractivity contribution is 7.86. The smallest absolute Gasteiger partial charge is 0.263 e. The van der Waals surface area contributed by atoms with Gasteiger partial charge >= 0.3 is 0 Å². The largest absolute Gasteiger partial charge is 0.297 e. The van der Waals surface area contributed by atoms with Crippen molar-refractivity contribution in [1.29, 1.82) is 0 Å². The first-order valence-electron chi connectivity index (χ1n) is 5.81. The van der Waals surface area contributed by atoms with Crippen LogP contribution in [0.1, 0.15) is 32.8 Å². The molecule has 96 valence electrons. The lowest BCUT2D eigenvalue weighted by molar-refractivity contribution is 0.200. The molecule has 0 amide bonds. The fourth-order valence-electron chi connectivity index (χ4n) is 1.68. The molecule has 17 heavy (non-hydrogen) atoms. The van der Waals surface area contributed by atoms with Crippen LogP contribution < -0.4 is 0 Å². The summed E-state index contributed by atoms with van der Waals surface area (Å²) < 4.78 is 29.0. The molecule has 0 saturated heterocycles. The monoisotopic (exact) mass is 256 g/mol. The molecule has 0 saturated carbocycles. The summed E-state index contributed by atoms with van der Waals surface area (Å²) in [5, 5.41) is 0. The molecular weight excluding hydrogens is 236 g/mol. The van der Waals surface area contributed by atoms with Crippen LogP contribution in [-0.2, 0) is 14.3 Å². The lowest BCUT2D eigenvalue weighted by Crippen LogP contribution is -2.17. The molecule has 3 nitrogen and oxygen atoms in total. The SMILES string of the molecule is Cc1ccc(S(=O)(=O)OC(C)CC(C)C)cc1. The van der Waals surface area contributed by atoms with Crippen LogP contribution >= 0.6 is 0 Å². The predicted octanol–water partition coefficient (Wildman–Crippen LogP) is 3.13. The van der Waals surface area contributed by atoms with Gasteiger partial charge in [-0.25, -0.2) is 0 Å². The van der Waals surface area contributed by atoms with E-state index in [9.17, 15) is 8.42 Å². The Morgan fingerprint density at radius 2 is 1.65 bits per heavy atom. The number of benzene rings is 1. The molecule has 0 spiro atoms. The Balaban J connectivity index is 2.78. The molecule has 1 atom stereocenters. The van der Waals surface area contributed by atoms with E-state index in [1.807, 2.05) is 20.8 Å². The molecule has 0 aliphatic rings. The van der Waals surface area contributed by atoms with E-state index in [0.717, 1.165) is 12.0 Å². The van der Waals surface area contributed by atoms with Gasteiger partial charge in [-0.15, -0.1) is 0 Å². The van der Waals surface area contributed by atoms with Gasteiger partial charge in [-0.1, -0.05) is 31.5 Å². The van der Waals surface area contributed by atoms with E-state index in [1.54, 1.807) is 31.2 Å². The number of hydrogen-bond acceptors (Lipinski definition) is 3. The van der Waals surface area contributed by atoms with Crippen LogP contribution in [0, 0.1) is 12.8 Å². The number of hydrogen-bond donors (Lipinski definition) is 0. The quantitative estimate of drug-likeness (QED) is 0.760. The van der Waals surface area contributed by atoms with Gasteiger partial charge in [0.25, 0.3) is 10.1 Å². The molecule has 0 fully saturated rings. The molecule has 0 bridgehead atoms. The topological polar surface area (TPSA) is 43.4 Å². The van der Waals surface area contributed by atoms with Gasteiger partial charge in [0, 0.05) is 0 Å². The van der Waals surface area contributed by atoms with Gasteiger partial charge < -0.3 is 0 Å². The molecule has 0 aliphatic heterocycles. The Labute approximate surface area is 104 Å². The molecule has 0 N–H and O–H groups in total. The third-order valence-electron chi connectivity index (χ3n) is 2.40. The minimum Gasteiger partial charge on any atom is -0.263 e. The van der Waals surface area contributed by atoms with Gasteiger partial charge in [-0.3, -0.25) is 4.18 Å². The van der Waals surface area contributed by atoms with E-state index in [2.05, 4.69) is 0 Å². The Kier molecular flexibility index (Phi) is 4.71. The van der Waals surface area contributed by atoms with Crippen molar-refractivity contribution in [3.05, 3.63) is 29.8 Å². The van der Waals surface area contributed by atoms with E-state index in [1.165, 1.54) is 0 Å². The van der Waals surface area contributed by atoms with E-state index in [4.69, 9.17) is 4.18 Å². The Bertz CT molecular complexity index is 446. The van der Waals surface area contributed by atoms with Crippen molar-refractivity contribution in [3.63, 3.8) is 0 Å². The maximum absolute atomic E-state index is 11.9. The van der Waals surface area contributed by atoms with E-state index in [-0.39, 0.29) is 11.0 Å². The lowest BCUT2D eigenvalue weighted by Gasteiger charge is -2.14. The molecule has 4 heteroatoms. The molecule has 1 aromatic carbocycles. The van der Waals surface area contributed by atoms with Crippen molar-refractivity contribution in [3.8, 4) is 0 Å². The van der Waals surface area contributed by atoms with Crippen molar-refractivity contribution in [2.45, 2.75) is 45.1 Å². The zero-order chi connectivity index (χ0) is 13.1. The maximum atomic E-state index is 11.9. The second-order valence-electron chi connectivity index (χ2n) is 4.80. The summed E-state index contributed by atoms with van der Waals surface area (Å²) >= 11 is 0. The first-order chi connectivity index (χ1) is 7.81. The molecule has 0 heterocycles. The molecule has 0 radical (unpaired) electrons. The van der Waals surface area contributed by atoms with Crippen LogP contribution in [-0.4, -0.2) is 14.5 Å². The average molecular weight is 256 g/mol.